The zero-order valence-corrected chi connectivity index (χ0v) is 17.9. The average molecular weight is 454 g/mol. The molecule has 5 atom stereocenters. The van der Waals surface area contributed by atoms with Gasteiger partial charge >= 0.3 is 0 Å². The van der Waals surface area contributed by atoms with Crippen LogP contribution in [0.3, 0.4) is 0 Å². The molecule has 0 spiro atoms. The molecule has 2 heterocycles. The van der Waals surface area contributed by atoms with Crippen LogP contribution >= 0.6 is 0 Å². The SMILES string of the molecule is COc1cncc2c1[C@]1(O)[C@H](O)[C@H](CN)[C@@H](c3ccccc3)[C@]1(c1ccc(C(F)F)cc1)O2. The van der Waals surface area contributed by atoms with Gasteiger partial charge in [-0.15, -0.1) is 0 Å². The monoisotopic (exact) mass is 454 g/mol. The number of fused-ring (bicyclic) bond motifs is 3. The van der Waals surface area contributed by atoms with Crippen LogP contribution in [0.1, 0.15) is 34.6 Å². The van der Waals surface area contributed by atoms with Gasteiger partial charge in [0, 0.05) is 17.4 Å². The highest BCUT2D eigenvalue weighted by Gasteiger charge is 2.76. The van der Waals surface area contributed by atoms with E-state index in [-0.39, 0.29) is 29.2 Å². The van der Waals surface area contributed by atoms with Gasteiger partial charge in [-0.25, -0.2) is 8.78 Å². The lowest BCUT2D eigenvalue weighted by molar-refractivity contribution is -0.152. The molecular formula is C25H24F2N2O4. The standard InChI is InChI=1S/C25H24F2N2O4/c1-32-18-12-29-13-19-21(18)24(31)22(30)17(11-28)20(14-5-3-2-4-6-14)25(24,33-19)16-9-7-15(8-10-16)23(26)27/h2-10,12-13,17,20,22-23,30-31H,11,28H2,1H3/t17-,20-,22-,24+,25+/m1/s1. The molecule has 1 aliphatic heterocycles. The minimum absolute atomic E-state index is 0.0615. The average Bonchev–Trinajstić information content (AvgIpc) is 3.22. The van der Waals surface area contributed by atoms with Crippen molar-refractivity contribution in [3.05, 3.63) is 89.2 Å². The van der Waals surface area contributed by atoms with E-state index in [0.29, 0.717) is 5.56 Å². The smallest absolute Gasteiger partial charge is 0.263 e. The predicted octanol–water partition coefficient (Wildman–Crippen LogP) is 3.24. The van der Waals surface area contributed by atoms with Gasteiger partial charge in [0.25, 0.3) is 6.43 Å². The van der Waals surface area contributed by atoms with Crippen LogP contribution in [0, 0.1) is 5.92 Å². The Balaban J connectivity index is 1.83. The molecule has 2 aliphatic rings. The Bertz CT molecular complexity index is 1160. The number of aromatic nitrogens is 1. The first-order valence-corrected chi connectivity index (χ1v) is 10.7. The first-order chi connectivity index (χ1) is 15.9. The van der Waals surface area contributed by atoms with Crippen LogP contribution in [0.4, 0.5) is 8.78 Å². The number of aliphatic hydroxyl groups excluding tert-OH is 1. The van der Waals surface area contributed by atoms with E-state index in [2.05, 4.69) is 4.98 Å². The highest BCUT2D eigenvalue weighted by atomic mass is 19.3. The molecule has 33 heavy (non-hydrogen) atoms. The van der Waals surface area contributed by atoms with E-state index in [4.69, 9.17) is 15.2 Å². The number of rotatable bonds is 5. The Kier molecular flexibility index (Phi) is 5.12. The van der Waals surface area contributed by atoms with Crippen molar-refractivity contribution in [2.24, 2.45) is 11.7 Å². The molecule has 4 N–H and O–H groups in total. The maximum atomic E-state index is 13.3. The lowest BCUT2D eigenvalue weighted by atomic mass is 9.70. The maximum Gasteiger partial charge on any atom is 0.263 e. The summed E-state index contributed by atoms with van der Waals surface area (Å²) in [4.78, 5) is 4.14. The fourth-order valence-electron chi connectivity index (χ4n) is 5.67. The number of methoxy groups -OCH3 is 1. The summed E-state index contributed by atoms with van der Waals surface area (Å²) in [5.74, 6) is -0.689. The van der Waals surface area contributed by atoms with E-state index in [1.54, 1.807) is 0 Å². The van der Waals surface area contributed by atoms with Crippen molar-refractivity contribution in [2.45, 2.75) is 29.6 Å². The minimum Gasteiger partial charge on any atom is -0.495 e. The van der Waals surface area contributed by atoms with Crippen LogP contribution in [-0.4, -0.2) is 35.0 Å². The van der Waals surface area contributed by atoms with E-state index in [0.717, 1.165) is 5.56 Å². The summed E-state index contributed by atoms with van der Waals surface area (Å²) in [6.45, 7) is 0.0615. The number of alkyl halides is 2. The van der Waals surface area contributed by atoms with Gasteiger partial charge in [0.1, 0.15) is 11.5 Å². The van der Waals surface area contributed by atoms with Gasteiger partial charge in [-0.2, -0.15) is 0 Å². The molecule has 0 saturated heterocycles. The third-order valence-corrected chi connectivity index (χ3v) is 7.04. The number of benzene rings is 2. The molecule has 1 fully saturated rings. The fourth-order valence-corrected chi connectivity index (χ4v) is 5.67. The third kappa shape index (κ3) is 2.78. The Morgan fingerprint density at radius 1 is 1.12 bits per heavy atom. The highest BCUT2D eigenvalue weighted by molar-refractivity contribution is 5.59. The van der Waals surface area contributed by atoms with E-state index in [1.165, 1.54) is 43.8 Å². The van der Waals surface area contributed by atoms with Crippen molar-refractivity contribution in [3.8, 4) is 11.5 Å². The Morgan fingerprint density at radius 2 is 1.82 bits per heavy atom. The largest absolute Gasteiger partial charge is 0.495 e. The summed E-state index contributed by atoms with van der Waals surface area (Å²) in [5.41, 5.74) is 3.94. The summed E-state index contributed by atoms with van der Waals surface area (Å²) in [5, 5.41) is 24.0. The fraction of sp³-hybridized carbons (Fsp3) is 0.320. The molecule has 0 radical (unpaired) electrons. The lowest BCUT2D eigenvalue weighted by Crippen LogP contribution is -2.52. The van der Waals surface area contributed by atoms with Crippen molar-refractivity contribution < 1.29 is 28.5 Å². The quantitative estimate of drug-likeness (QED) is 0.548. The van der Waals surface area contributed by atoms with Gasteiger partial charge in [-0.1, -0.05) is 54.6 Å². The normalized spacial score (nSPS) is 30.1. The molecule has 0 unspecified atom stereocenters. The van der Waals surface area contributed by atoms with Gasteiger partial charge in [-0.05, 0) is 17.7 Å². The molecule has 8 heteroatoms. The zero-order chi connectivity index (χ0) is 23.4. The second kappa shape index (κ2) is 7.76. The molecule has 3 aromatic rings. The second-order valence-corrected chi connectivity index (χ2v) is 8.47. The number of halogens is 2. The topological polar surface area (TPSA) is 97.8 Å². The molecule has 172 valence electrons. The first-order valence-electron chi connectivity index (χ1n) is 10.7. The number of nitrogens with zero attached hydrogens (tertiary/aromatic N) is 1. The molecule has 2 aromatic carbocycles. The predicted molar refractivity (Wildman–Crippen MR) is 116 cm³/mol. The summed E-state index contributed by atoms with van der Waals surface area (Å²) in [6.07, 6.45) is -1.08. The molecule has 5 rings (SSSR count). The Labute approximate surface area is 189 Å². The van der Waals surface area contributed by atoms with Crippen LogP contribution in [0.25, 0.3) is 0 Å². The summed E-state index contributed by atoms with van der Waals surface area (Å²) < 4.78 is 38.6. The number of ether oxygens (including phenoxy) is 2. The van der Waals surface area contributed by atoms with Crippen LogP contribution in [-0.2, 0) is 11.2 Å². The zero-order valence-electron chi connectivity index (χ0n) is 17.9. The van der Waals surface area contributed by atoms with Crippen molar-refractivity contribution >= 4 is 0 Å². The summed E-state index contributed by atoms with van der Waals surface area (Å²) in [6, 6.07) is 15.0. The first kappa shape index (κ1) is 21.8. The highest BCUT2D eigenvalue weighted by Crippen LogP contribution is 2.69. The van der Waals surface area contributed by atoms with E-state index < -0.39 is 35.6 Å². The van der Waals surface area contributed by atoms with E-state index in [9.17, 15) is 19.0 Å². The summed E-state index contributed by atoms with van der Waals surface area (Å²) >= 11 is 0. The molecule has 1 aliphatic carbocycles. The molecule has 1 aromatic heterocycles. The van der Waals surface area contributed by atoms with Crippen molar-refractivity contribution in [1.82, 2.24) is 4.98 Å². The van der Waals surface area contributed by atoms with Gasteiger partial charge in [0.2, 0.25) is 0 Å². The summed E-state index contributed by atoms with van der Waals surface area (Å²) in [7, 11) is 1.44. The van der Waals surface area contributed by atoms with Gasteiger partial charge < -0.3 is 25.4 Å². The van der Waals surface area contributed by atoms with Crippen molar-refractivity contribution in [1.29, 1.82) is 0 Å². The third-order valence-electron chi connectivity index (χ3n) is 7.04. The van der Waals surface area contributed by atoms with Gasteiger partial charge in [-0.3, -0.25) is 4.98 Å². The second-order valence-electron chi connectivity index (χ2n) is 8.47. The van der Waals surface area contributed by atoms with Gasteiger partial charge in [0.05, 0.1) is 31.2 Å². The lowest BCUT2D eigenvalue weighted by Gasteiger charge is -2.41. The van der Waals surface area contributed by atoms with Crippen LogP contribution in [0.2, 0.25) is 0 Å². The molecule has 0 bridgehead atoms. The molecule has 1 saturated carbocycles. The Morgan fingerprint density at radius 3 is 2.42 bits per heavy atom. The van der Waals surface area contributed by atoms with Crippen LogP contribution < -0.4 is 15.2 Å². The van der Waals surface area contributed by atoms with Crippen molar-refractivity contribution in [2.75, 3.05) is 13.7 Å². The number of hydrogen-bond donors (Lipinski definition) is 3. The number of hydrogen-bond acceptors (Lipinski definition) is 6. The van der Waals surface area contributed by atoms with Crippen molar-refractivity contribution in [3.63, 3.8) is 0 Å². The minimum atomic E-state index is -2.64. The van der Waals surface area contributed by atoms with E-state index in [1.807, 2.05) is 30.3 Å². The number of nitrogens with two attached hydrogens (primary N) is 1. The maximum absolute atomic E-state index is 13.3. The number of pyridine rings is 1. The Hall–Kier alpha value is -3.07. The molecular weight excluding hydrogens is 430 g/mol. The van der Waals surface area contributed by atoms with Crippen LogP contribution in [0.15, 0.2) is 67.0 Å². The molecule has 0 amide bonds. The van der Waals surface area contributed by atoms with E-state index >= 15 is 0 Å². The number of aliphatic hydroxyl groups is 2. The van der Waals surface area contributed by atoms with Gasteiger partial charge in [0.15, 0.2) is 11.2 Å². The van der Waals surface area contributed by atoms with Crippen LogP contribution in [0.5, 0.6) is 11.5 Å². The molecule has 6 nitrogen and oxygen atoms in total.